The highest BCUT2D eigenvalue weighted by Crippen LogP contribution is 2.35. The molecule has 0 radical (unpaired) electrons. The molecule has 0 saturated carbocycles. The van der Waals surface area contributed by atoms with Gasteiger partial charge >= 0.3 is 6.18 Å². The standard InChI is InChI=1S/C17H15ClF3N3/c1-16(2,3)13-8-14(17(19,20)21)24-15(23-13)12(9-22-24)10-4-6-11(18)7-5-10/h4-9H,1-3H3. The Morgan fingerprint density at radius 1 is 1.04 bits per heavy atom. The van der Waals surface area contributed by atoms with E-state index in [2.05, 4.69) is 10.1 Å². The van der Waals surface area contributed by atoms with Crippen molar-refractivity contribution >= 4 is 17.2 Å². The molecule has 0 unspecified atom stereocenters. The highest BCUT2D eigenvalue weighted by molar-refractivity contribution is 6.30. The fourth-order valence-electron chi connectivity index (χ4n) is 2.38. The van der Waals surface area contributed by atoms with Gasteiger partial charge in [0, 0.05) is 16.0 Å². The van der Waals surface area contributed by atoms with Crippen molar-refractivity contribution in [2.45, 2.75) is 32.4 Å². The molecule has 3 aromatic rings. The molecule has 2 heterocycles. The van der Waals surface area contributed by atoms with Crippen LogP contribution in [0.5, 0.6) is 0 Å². The summed E-state index contributed by atoms with van der Waals surface area (Å²) in [5.74, 6) is 0. The Labute approximate surface area is 142 Å². The van der Waals surface area contributed by atoms with Gasteiger partial charge in [0.05, 0.1) is 11.9 Å². The Morgan fingerprint density at radius 2 is 1.67 bits per heavy atom. The summed E-state index contributed by atoms with van der Waals surface area (Å²) in [6, 6.07) is 7.89. The molecule has 24 heavy (non-hydrogen) atoms. The predicted octanol–water partition coefficient (Wildman–Crippen LogP) is 5.37. The number of benzene rings is 1. The molecule has 0 atom stereocenters. The second-order valence-electron chi connectivity index (χ2n) is 6.57. The molecule has 1 aromatic carbocycles. The van der Waals surface area contributed by atoms with E-state index >= 15 is 0 Å². The minimum Gasteiger partial charge on any atom is -0.232 e. The summed E-state index contributed by atoms with van der Waals surface area (Å²) in [5, 5.41) is 4.46. The van der Waals surface area contributed by atoms with E-state index in [1.807, 2.05) is 20.8 Å². The number of fused-ring (bicyclic) bond motifs is 1. The lowest BCUT2D eigenvalue weighted by Crippen LogP contribution is -2.20. The first-order chi connectivity index (χ1) is 11.1. The molecular formula is C17H15ClF3N3. The van der Waals surface area contributed by atoms with E-state index in [1.54, 1.807) is 24.3 Å². The summed E-state index contributed by atoms with van der Waals surface area (Å²) < 4.78 is 41.2. The van der Waals surface area contributed by atoms with Crippen LogP contribution in [0.25, 0.3) is 16.8 Å². The van der Waals surface area contributed by atoms with Gasteiger partial charge in [-0.2, -0.15) is 18.3 Å². The van der Waals surface area contributed by atoms with E-state index in [0.717, 1.165) is 10.6 Å². The van der Waals surface area contributed by atoms with Crippen LogP contribution < -0.4 is 0 Å². The molecule has 126 valence electrons. The van der Waals surface area contributed by atoms with Crippen LogP contribution in [0.2, 0.25) is 5.02 Å². The molecule has 2 aromatic heterocycles. The molecule has 0 aliphatic carbocycles. The first kappa shape index (κ1) is 16.8. The smallest absolute Gasteiger partial charge is 0.232 e. The largest absolute Gasteiger partial charge is 0.433 e. The molecule has 0 aliphatic rings. The van der Waals surface area contributed by atoms with E-state index in [-0.39, 0.29) is 5.65 Å². The number of alkyl halides is 3. The van der Waals surface area contributed by atoms with Crippen LogP contribution in [-0.4, -0.2) is 14.6 Å². The third-order valence-electron chi connectivity index (χ3n) is 3.69. The summed E-state index contributed by atoms with van der Waals surface area (Å²) in [6.45, 7) is 5.47. The van der Waals surface area contributed by atoms with Crippen LogP contribution in [0.1, 0.15) is 32.2 Å². The van der Waals surface area contributed by atoms with Crippen molar-refractivity contribution in [1.82, 2.24) is 14.6 Å². The molecule has 3 rings (SSSR count). The van der Waals surface area contributed by atoms with E-state index in [1.165, 1.54) is 6.20 Å². The number of rotatable bonds is 1. The van der Waals surface area contributed by atoms with Crippen LogP contribution >= 0.6 is 11.6 Å². The maximum Gasteiger partial charge on any atom is 0.433 e. The van der Waals surface area contributed by atoms with Crippen molar-refractivity contribution in [3.05, 3.63) is 52.9 Å². The van der Waals surface area contributed by atoms with E-state index < -0.39 is 17.3 Å². The fraction of sp³-hybridized carbons (Fsp3) is 0.294. The van der Waals surface area contributed by atoms with Crippen molar-refractivity contribution in [2.24, 2.45) is 0 Å². The lowest BCUT2D eigenvalue weighted by atomic mass is 9.91. The number of halogens is 4. The SMILES string of the molecule is CC(C)(C)c1cc(C(F)(F)F)n2ncc(-c3ccc(Cl)cc3)c2n1. The molecule has 0 spiro atoms. The zero-order valence-corrected chi connectivity index (χ0v) is 14.1. The Kier molecular flexibility index (Phi) is 3.83. The molecular weight excluding hydrogens is 339 g/mol. The minimum absolute atomic E-state index is 0.178. The summed E-state index contributed by atoms with van der Waals surface area (Å²) in [5.41, 5.74) is 0.417. The minimum atomic E-state index is -4.52. The average Bonchev–Trinajstić information content (AvgIpc) is 2.89. The van der Waals surface area contributed by atoms with Gasteiger partial charge in [-0.05, 0) is 23.8 Å². The summed E-state index contributed by atoms with van der Waals surface area (Å²) in [4.78, 5) is 4.45. The van der Waals surface area contributed by atoms with Gasteiger partial charge in [0.2, 0.25) is 0 Å². The summed E-state index contributed by atoms with van der Waals surface area (Å²) in [6.07, 6.45) is -3.13. The summed E-state index contributed by atoms with van der Waals surface area (Å²) in [7, 11) is 0. The lowest BCUT2D eigenvalue weighted by Gasteiger charge is -2.20. The normalized spacial score (nSPS) is 12.8. The van der Waals surface area contributed by atoms with Crippen LogP contribution in [0, 0.1) is 0 Å². The molecule has 0 N–H and O–H groups in total. The molecule has 0 aliphatic heterocycles. The topological polar surface area (TPSA) is 30.2 Å². The van der Waals surface area contributed by atoms with Crippen molar-refractivity contribution in [1.29, 1.82) is 0 Å². The second-order valence-corrected chi connectivity index (χ2v) is 7.01. The number of nitrogens with zero attached hydrogens (tertiary/aromatic N) is 3. The van der Waals surface area contributed by atoms with Crippen molar-refractivity contribution in [2.75, 3.05) is 0 Å². The van der Waals surface area contributed by atoms with Gasteiger partial charge in [0.1, 0.15) is 5.69 Å². The lowest BCUT2D eigenvalue weighted by molar-refractivity contribution is -0.142. The van der Waals surface area contributed by atoms with Gasteiger partial charge < -0.3 is 0 Å². The highest BCUT2D eigenvalue weighted by atomic mass is 35.5. The average molecular weight is 354 g/mol. The van der Waals surface area contributed by atoms with Crippen LogP contribution in [-0.2, 0) is 11.6 Å². The fourth-order valence-corrected chi connectivity index (χ4v) is 2.51. The van der Waals surface area contributed by atoms with Gasteiger partial charge in [-0.1, -0.05) is 44.5 Å². The first-order valence-corrected chi connectivity index (χ1v) is 7.67. The number of hydrogen-bond donors (Lipinski definition) is 0. The van der Waals surface area contributed by atoms with E-state index in [0.29, 0.717) is 21.8 Å². The maximum atomic E-state index is 13.4. The van der Waals surface area contributed by atoms with Crippen molar-refractivity contribution in [3.8, 4) is 11.1 Å². The van der Waals surface area contributed by atoms with Crippen molar-refractivity contribution < 1.29 is 13.2 Å². The van der Waals surface area contributed by atoms with Crippen molar-refractivity contribution in [3.63, 3.8) is 0 Å². The van der Waals surface area contributed by atoms with Crippen LogP contribution in [0.4, 0.5) is 13.2 Å². The predicted molar refractivity (Wildman–Crippen MR) is 87.1 cm³/mol. The maximum absolute atomic E-state index is 13.4. The number of aromatic nitrogens is 3. The third-order valence-corrected chi connectivity index (χ3v) is 3.94. The Balaban J connectivity index is 2.33. The van der Waals surface area contributed by atoms with Crippen LogP contribution in [0.15, 0.2) is 36.5 Å². The first-order valence-electron chi connectivity index (χ1n) is 7.30. The monoisotopic (exact) mass is 353 g/mol. The van der Waals surface area contributed by atoms with Gasteiger partial charge in [-0.3, -0.25) is 0 Å². The molecule has 0 fully saturated rings. The summed E-state index contributed by atoms with van der Waals surface area (Å²) >= 11 is 5.88. The molecule has 0 saturated heterocycles. The van der Waals surface area contributed by atoms with Gasteiger partial charge in [-0.25, -0.2) is 9.50 Å². The molecule has 0 amide bonds. The van der Waals surface area contributed by atoms with Gasteiger partial charge in [0.15, 0.2) is 5.65 Å². The molecule has 0 bridgehead atoms. The van der Waals surface area contributed by atoms with E-state index in [4.69, 9.17) is 11.6 Å². The molecule has 7 heteroatoms. The van der Waals surface area contributed by atoms with Gasteiger partial charge in [0.25, 0.3) is 0 Å². The Hall–Kier alpha value is -2.08. The van der Waals surface area contributed by atoms with E-state index in [9.17, 15) is 13.2 Å². The second kappa shape index (κ2) is 5.48. The quantitative estimate of drug-likeness (QED) is 0.589. The van der Waals surface area contributed by atoms with Gasteiger partial charge in [-0.15, -0.1) is 0 Å². The number of hydrogen-bond acceptors (Lipinski definition) is 2. The highest BCUT2D eigenvalue weighted by Gasteiger charge is 2.36. The Bertz CT molecular complexity index is 890. The Morgan fingerprint density at radius 3 is 2.21 bits per heavy atom. The zero-order valence-electron chi connectivity index (χ0n) is 13.3. The van der Waals surface area contributed by atoms with Crippen LogP contribution in [0.3, 0.4) is 0 Å². The molecule has 3 nitrogen and oxygen atoms in total. The zero-order chi connectivity index (χ0) is 17.7. The third kappa shape index (κ3) is 2.98.